The Morgan fingerprint density at radius 2 is 1.79 bits per heavy atom. The number of hydrazone groups is 1. The highest BCUT2D eigenvalue weighted by molar-refractivity contribution is 6.01. The highest BCUT2D eigenvalue weighted by atomic mass is 16.5. The Bertz CT molecular complexity index is 762. The lowest BCUT2D eigenvalue weighted by Crippen LogP contribution is -2.38. The monoisotopic (exact) mass is 401 g/mol. The highest BCUT2D eigenvalue weighted by Gasteiger charge is 2.29. The molecule has 1 aliphatic rings. The molecule has 7 heteroatoms. The standard InChI is InChI=1S/C17H21N3O4.C3H8.C2H2/c1-4-24-14(21)9-18-17(23)15-16(22)13-8-6-5-7-12(13)10-20(15)19-11(2)3;1-3-2;1-2/h5-8,22H,4,9-10H2,1-3H3,(H,18,23);3H2,1-2H3;1-2H. The van der Waals surface area contributed by atoms with Gasteiger partial charge in [-0.05, 0) is 26.3 Å². The van der Waals surface area contributed by atoms with Crippen LogP contribution in [0.2, 0.25) is 0 Å². The number of nitrogens with zero attached hydrogens (tertiary/aromatic N) is 2. The van der Waals surface area contributed by atoms with Crippen molar-refractivity contribution in [3.05, 3.63) is 41.1 Å². The van der Waals surface area contributed by atoms with Crippen molar-refractivity contribution in [2.24, 2.45) is 5.10 Å². The lowest BCUT2D eigenvalue weighted by molar-refractivity contribution is -0.143. The van der Waals surface area contributed by atoms with Crippen molar-refractivity contribution in [2.45, 2.75) is 47.6 Å². The van der Waals surface area contributed by atoms with E-state index in [1.807, 2.05) is 12.1 Å². The number of aliphatic hydroxyl groups is 1. The maximum atomic E-state index is 12.5. The molecular formula is C22H31N3O4. The topological polar surface area (TPSA) is 91.2 Å². The zero-order valence-electron chi connectivity index (χ0n) is 17.9. The first-order valence-corrected chi connectivity index (χ1v) is 9.43. The second-order valence-electron chi connectivity index (χ2n) is 6.15. The van der Waals surface area contributed by atoms with E-state index in [9.17, 15) is 14.7 Å². The molecule has 2 N–H and O–H groups in total. The molecule has 1 amide bonds. The number of terminal acetylenes is 1. The number of carbonyl (C=O) groups excluding carboxylic acids is 2. The molecule has 0 unspecified atom stereocenters. The Morgan fingerprint density at radius 1 is 1.21 bits per heavy atom. The maximum absolute atomic E-state index is 12.5. The van der Waals surface area contributed by atoms with Crippen LogP contribution in [0, 0.1) is 12.8 Å². The molecule has 1 aromatic carbocycles. The Balaban J connectivity index is 0.00000143. The molecule has 29 heavy (non-hydrogen) atoms. The summed E-state index contributed by atoms with van der Waals surface area (Å²) in [6.07, 6.45) is 9.25. The van der Waals surface area contributed by atoms with E-state index in [0.717, 1.165) is 11.3 Å². The van der Waals surface area contributed by atoms with Crippen LogP contribution < -0.4 is 5.32 Å². The van der Waals surface area contributed by atoms with Crippen LogP contribution in [0.15, 0.2) is 35.1 Å². The number of hydrogen-bond donors (Lipinski definition) is 2. The molecular weight excluding hydrogens is 370 g/mol. The van der Waals surface area contributed by atoms with E-state index in [0.29, 0.717) is 12.1 Å². The maximum Gasteiger partial charge on any atom is 0.325 e. The largest absolute Gasteiger partial charge is 0.505 e. The van der Waals surface area contributed by atoms with E-state index in [1.165, 1.54) is 11.4 Å². The zero-order chi connectivity index (χ0) is 22.4. The van der Waals surface area contributed by atoms with Crippen molar-refractivity contribution >= 4 is 23.3 Å². The average Bonchev–Trinajstić information content (AvgIpc) is 2.68. The molecule has 1 aromatic rings. The number of fused-ring (bicyclic) bond motifs is 1. The van der Waals surface area contributed by atoms with Gasteiger partial charge >= 0.3 is 5.97 Å². The van der Waals surface area contributed by atoms with Gasteiger partial charge < -0.3 is 15.2 Å². The summed E-state index contributed by atoms with van der Waals surface area (Å²) in [5.41, 5.74) is 2.19. The molecule has 0 aliphatic carbocycles. The highest BCUT2D eigenvalue weighted by Crippen LogP contribution is 2.30. The molecule has 2 rings (SSSR count). The third-order valence-corrected chi connectivity index (χ3v) is 3.31. The molecule has 158 valence electrons. The molecule has 7 nitrogen and oxygen atoms in total. The van der Waals surface area contributed by atoms with Crippen molar-refractivity contribution < 1.29 is 19.4 Å². The lowest BCUT2D eigenvalue weighted by atomic mass is 10.0. The molecule has 0 atom stereocenters. The summed E-state index contributed by atoms with van der Waals surface area (Å²) in [6.45, 7) is 9.85. The smallest absolute Gasteiger partial charge is 0.325 e. The summed E-state index contributed by atoms with van der Waals surface area (Å²) in [5.74, 6) is -1.29. The first-order valence-electron chi connectivity index (χ1n) is 9.43. The fourth-order valence-corrected chi connectivity index (χ4v) is 2.38. The Morgan fingerprint density at radius 3 is 2.34 bits per heavy atom. The number of esters is 1. The van der Waals surface area contributed by atoms with Gasteiger partial charge in [0, 0.05) is 11.3 Å². The van der Waals surface area contributed by atoms with E-state index in [1.54, 1.807) is 32.9 Å². The van der Waals surface area contributed by atoms with Gasteiger partial charge in [-0.1, -0.05) is 44.5 Å². The molecule has 0 radical (unpaired) electrons. The molecule has 0 saturated heterocycles. The quantitative estimate of drug-likeness (QED) is 0.448. The third kappa shape index (κ3) is 8.09. The minimum atomic E-state index is -0.583. The van der Waals surface area contributed by atoms with Crippen LogP contribution in [-0.4, -0.2) is 40.9 Å². The molecule has 1 aliphatic heterocycles. The summed E-state index contributed by atoms with van der Waals surface area (Å²) < 4.78 is 4.78. The number of benzene rings is 1. The minimum Gasteiger partial charge on any atom is -0.505 e. The molecule has 0 saturated carbocycles. The fraction of sp³-hybridized carbons (Fsp3) is 0.409. The summed E-state index contributed by atoms with van der Waals surface area (Å²) in [7, 11) is 0. The van der Waals surface area contributed by atoms with E-state index >= 15 is 0 Å². The van der Waals surface area contributed by atoms with Gasteiger partial charge in [-0.25, -0.2) is 0 Å². The van der Waals surface area contributed by atoms with E-state index in [4.69, 9.17) is 4.74 Å². The Kier molecular flexibility index (Phi) is 12.3. The first-order chi connectivity index (χ1) is 13.8. The van der Waals surface area contributed by atoms with Crippen LogP contribution in [0.5, 0.6) is 0 Å². The Labute approximate surface area is 173 Å². The molecule has 0 spiro atoms. The molecule has 0 aromatic heterocycles. The number of ether oxygens (including phenoxy) is 1. The number of carbonyl (C=O) groups is 2. The number of nitrogens with one attached hydrogen (secondary N) is 1. The van der Waals surface area contributed by atoms with E-state index < -0.39 is 11.9 Å². The third-order valence-electron chi connectivity index (χ3n) is 3.31. The number of hydrogen-bond acceptors (Lipinski definition) is 6. The minimum absolute atomic E-state index is 0.0131. The second kappa shape index (κ2) is 13.8. The first kappa shape index (κ1) is 25.7. The number of rotatable bonds is 5. The second-order valence-corrected chi connectivity index (χ2v) is 6.15. The van der Waals surface area contributed by atoms with Crippen LogP contribution in [0.25, 0.3) is 5.76 Å². The molecule has 1 heterocycles. The average molecular weight is 402 g/mol. The SMILES string of the molecule is C#C.CCC.CCOC(=O)CNC(=O)C1=C(O)c2ccccc2CN1N=C(C)C. The van der Waals surface area contributed by atoms with Crippen molar-refractivity contribution in [2.75, 3.05) is 13.2 Å². The van der Waals surface area contributed by atoms with Crippen molar-refractivity contribution in [3.8, 4) is 12.8 Å². The summed E-state index contributed by atoms with van der Waals surface area (Å²) in [6, 6.07) is 7.25. The molecule has 0 fully saturated rings. The van der Waals surface area contributed by atoms with Crippen LogP contribution in [0.4, 0.5) is 0 Å². The molecule has 0 bridgehead atoms. The van der Waals surface area contributed by atoms with Crippen LogP contribution in [-0.2, 0) is 20.9 Å². The van der Waals surface area contributed by atoms with Gasteiger partial charge in [0.15, 0.2) is 11.5 Å². The van der Waals surface area contributed by atoms with Crippen LogP contribution in [0.1, 0.15) is 52.2 Å². The summed E-state index contributed by atoms with van der Waals surface area (Å²) in [5, 5.41) is 18.7. The lowest BCUT2D eigenvalue weighted by Gasteiger charge is -2.28. The van der Waals surface area contributed by atoms with Gasteiger partial charge in [-0.2, -0.15) is 5.10 Å². The van der Waals surface area contributed by atoms with Crippen molar-refractivity contribution in [1.29, 1.82) is 0 Å². The fourth-order valence-electron chi connectivity index (χ4n) is 2.38. The number of aliphatic hydroxyl groups excluding tert-OH is 1. The van der Waals surface area contributed by atoms with Gasteiger partial charge in [0.2, 0.25) is 0 Å². The van der Waals surface area contributed by atoms with Crippen molar-refractivity contribution in [1.82, 2.24) is 10.3 Å². The predicted molar refractivity (Wildman–Crippen MR) is 116 cm³/mol. The van der Waals surface area contributed by atoms with Crippen LogP contribution >= 0.6 is 0 Å². The van der Waals surface area contributed by atoms with Gasteiger partial charge in [0.1, 0.15) is 6.54 Å². The normalized spacial score (nSPS) is 11.6. The van der Waals surface area contributed by atoms with Crippen LogP contribution in [0.3, 0.4) is 0 Å². The van der Waals surface area contributed by atoms with Gasteiger partial charge in [0.25, 0.3) is 5.91 Å². The zero-order valence-corrected chi connectivity index (χ0v) is 17.9. The summed E-state index contributed by atoms with van der Waals surface area (Å²) in [4.78, 5) is 23.9. The van der Waals surface area contributed by atoms with Crippen molar-refractivity contribution in [3.63, 3.8) is 0 Å². The van der Waals surface area contributed by atoms with Gasteiger partial charge in [-0.15, -0.1) is 12.8 Å². The summed E-state index contributed by atoms with van der Waals surface area (Å²) >= 11 is 0. The predicted octanol–water partition coefficient (Wildman–Crippen LogP) is 3.47. The van der Waals surface area contributed by atoms with E-state index in [-0.39, 0.29) is 24.6 Å². The van der Waals surface area contributed by atoms with Gasteiger partial charge in [0.05, 0.1) is 13.2 Å². The van der Waals surface area contributed by atoms with Gasteiger partial charge in [-0.3, -0.25) is 14.6 Å². The van der Waals surface area contributed by atoms with E-state index in [2.05, 4.69) is 37.1 Å². The Hall–Kier alpha value is -3.27. The number of amides is 1.